The zero-order chi connectivity index (χ0) is 50.5. The molecular formula is C49H76N8O10S. The number of nitrogens with zero attached hydrogens (tertiary/aromatic N) is 3. The lowest BCUT2D eigenvalue weighted by atomic mass is 9.72. The van der Waals surface area contributed by atoms with Gasteiger partial charge in [0.05, 0.1) is 0 Å². The predicted octanol–water partition coefficient (Wildman–Crippen LogP) is 4.29. The number of rotatable bonds is 21. The van der Waals surface area contributed by atoms with E-state index >= 15 is 0 Å². The van der Waals surface area contributed by atoms with Crippen molar-refractivity contribution in [3.05, 3.63) is 71.8 Å². The molecule has 2 saturated heterocycles. The minimum Gasteiger partial charge on any atom is -0.444 e. The van der Waals surface area contributed by atoms with E-state index in [0.29, 0.717) is 51.9 Å². The van der Waals surface area contributed by atoms with Crippen molar-refractivity contribution in [2.24, 2.45) is 11.3 Å². The first-order valence-corrected chi connectivity index (χ1v) is 25.1. The normalized spacial score (nSPS) is 17.0. The second-order valence-electron chi connectivity index (χ2n) is 20.7. The zero-order valence-corrected chi connectivity index (χ0v) is 42.5. The molecule has 6 amide bonds. The molecule has 0 radical (unpaired) electrons. The van der Waals surface area contributed by atoms with Gasteiger partial charge >= 0.3 is 12.2 Å². The maximum Gasteiger partial charge on any atom is 0.408 e. The Kier molecular flexibility index (Phi) is 19.8. The van der Waals surface area contributed by atoms with Crippen LogP contribution in [-0.4, -0.2) is 140 Å². The second-order valence-corrected chi connectivity index (χ2v) is 22.8. The number of likely N-dealkylation sites (tertiary alicyclic amines) is 1. The molecular weight excluding hydrogens is 893 g/mol. The van der Waals surface area contributed by atoms with Crippen molar-refractivity contribution in [3.63, 3.8) is 0 Å². The van der Waals surface area contributed by atoms with Crippen molar-refractivity contribution in [1.29, 1.82) is 0 Å². The summed E-state index contributed by atoms with van der Waals surface area (Å²) in [4.78, 5) is 84.3. The van der Waals surface area contributed by atoms with E-state index in [9.17, 15) is 37.2 Å². The van der Waals surface area contributed by atoms with Crippen LogP contribution in [0, 0.1) is 11.3 Å². The van der Waals surface area contributed by atoms with Crippen LogP contribution >= 0.6 is 0 Å². The molecule has 0 bridgehead atoms. The van der Waals surface area contributed by atoms with E-state index in [4.69, 9.17) is 9.47 Å². The van der Waals surface area contributed by atoms with Crippen LogP contribution in [0.15, 0.2) is 60.7 Å². The fourth-order valence-electron chi connectivity index (χ4n) is 8.20. The van der Waals surface area contributed by atoms with Crippen molar-refractivity contribution in [2.45, 2.75) is 142 Å². The number of carbonyl (C=O) groups excluding carboxylic acids is 6. The molecule has 18 nitrogen and oxygen atoms in total. The number of carbonyl (C=O) groups is 6. The third-order valence-corrected chi connectivity index (χ3v) is 13.6. The fourth-order valence-corrected chi connectivity index (χ4v) is 9.31. The molecule has 2 aromatic carbocycles. The lowest BCUT2D eigenvalue weighted by Crippen LogP contribution is -2.66. The Morgan fingerprint density at radius 3 is 1.60 bits per heavy atom. The molecule has 2 fully saturated rings. The number of nitrogens with one attached hydrogen (secondary N) is 5. The highest BCUT2D eigenvalue weighted by atomic mass is 32.2. The lowest BCUT2D eigenvalue weighted by molar-refractivity contribution is -0.150. The number of piperidine rings is 1. The third kappa shape index (κ3) is 17.7. The number of amides is 6. The standard InChI is InChI=1S/C49H76N8O10S/c1-34(2)29-38(52-42(59)39(30-35-19-13-11-14-20-35)53-43(60)40(31-36-21-15-12-16-22-36)54-46(63)67-48(6,7)8)41(58)51-37(23-17-18-26-50-45(62)66-47(3,4)5)44(61)56-32-49(33-56)24-27-57(28-25-49)68(64,65)55(9)10/h11-16,19-22,34,37-40H,17-18,23-33H2,1-10H3,(H,50,62)(H,51,58)(H,52,59)(H,53,60)(H,54,63)/t37-,38-,39-,40-/m1/s1. The Balaban J connectivity index is 1.53. The van der Waals surface area contributed by atoms with E-state index in [2.05, 4.69) is 26.6 Å². The smallest absolute Gasteiger partial charge is 0.408 e. The molecule has 68 heavy (non-hydrogen) atoms. The molecule has 4 rings (SSSR count). The summed E-state index contributed by atoms with van der Waals surface area (Å²) in [6.07, 6.45) is 1.36. The van der Waals surface area contributed by atoms with E-state index in [-0.39, 0.29) is 49.5 Å². The van der Waals surface area contributed by atoms with Gasteiger partial charge in [0.15, 0.2) is 0 Å². The van der Waals surface area contributed by atoms with Gasteiger partial charge in [0.2, 0.25) is 23.6 Å². The lowest BCUT2D eigenvalue weighted by Gasteiger charge is -2.54. The molecule has 2 heterocycles. The minimum absolute atomic E-state index is 0.0624. The first-order valence-electron chi connectivity index (χ1n) is 23.7. The van der Waals surface area contributed by atoms with Gasteiger partial charge < -0.3 is 41.0 Å². The molecule has 2 aliphatic heterocycles. The summed E-state index contributed by atoms with van der Waals surface area (Å²) >= 11 is 0. The number of hydrogen-bond donors (Lipinski definition) is 5. The molecule has 2 aliphatic rings. The van der Waals surface area contributed by atoms with Crippen molar-refractivity contribution < 1.29 is 46.7 Å². The van der Waals surface area contributed by atoms with Gasteiger partial charge in [-0.1, -0.05) is 74.5 Å². The van der Waals surface area contributed by atoms with Crippen LogP contribution < -0.4 is 26.6 Å². The van der Waals surface area contributed by atoms with Gasteiger partial charge in [0.25, 0.3) is 10.2 Å². The predicted molar refractivity (Wildman–Crippen MR) is 259 cm³/mol. The minimum atomic E-state index is -3.57. The van der Waals surface area contributed by atoms with Crippen molar-refractivity contribution in [2.75, 3.05) is 46.8 Å². The van der Waals surface area contributed by atoms with E-state index in [0.717, 1.165) is 11.1 Å². The monoisotopic (exact) mass is 969 g/mol. The molecule has 4 atom stereocenters. The molecule has 19 heteroatoms. The van der Waals surface area contributed by atoms with E-state index < -0.39 is 75.5 Å². The van der Waals surface area contributed by atoms with Crippen LogP contribution in [0.5, 0.6) is 0 Å². The van der Waals surface area contributed by atoms with Crippen LogP contribution in [0.4, 0.5) is 9.59 Å². The highest BCUT2D eigenvalue weighted by molar-refractivity contribution is 7.86. The number of alkyl carbamates (subject to hydrolysis) is 2. The summed E-state index contributed by atoms with van der Waals surface area (Å²) in [5, 5.41) is 14.1. The Bertz CT molecular complexity index is 2110. The molecule has 2 aromatic rings. The van der Waals surface area contributed by atoms with Gasteiger partial charge in [-0.25, -0.2) is 9.59 Å². The van der Waals surface area contributed by atoms with Gasteiger partial charge in [0, 0.05) is 65.1 Å². The second kappa shape index (κ2) is 24.3. The highest BCUT2D eigenvalue weighted by Gasteiger charge is 2.49. The third-order valence-electron chi connectivity index (χ3n) is 11.7. The van der Waals surface area contributed by atoms with Crippen LogP contribution in [0.3, 0.4) is 0 Å². The Labute approximate surface area is 403 Å². The van der Waals surface area contributed by atoms with E-state index in [1.807, 2.05) is 74.5 Å². The van der Waals surface area contributed by atoms with Gasteiger partial charge in [-0.05, 0) is 97.1 Å². The molecule has 0 aromatic heterocycles. The number of hydrogen-bond acceptors (Lipinski definition) is 10. The van der Waals surface area contributed by atoms with Crippen LogP contribution in [-0.2, 0) is 51.7 Å². The summed E-state index contributed by atoms with van der Waals surface area (Å²) < 4.78 is 39.0. The summed E-state index contributed by atoms with van der Waals surface area (Å²) in [7, 11) is -0.564. The quantitative estimate of drug-likeness (QED) is 0.112. The first kappa shape index (κ1) is 55.3. The molecule has 1 spiro atoms. The Hall–Kier alpha value is -5.27. The summed E-state index contributed by atoms with van der Waals surface area (Å²) in [6, 6.07) is 13.8. The average molecular weight is 969 g/mol. The van der Waals surface area contributed by atoms with Crippen LogP contribution in [0.25, 0.3) is 0 Å². The van der Waals surface area contributed by atoms with Gasteiger partial charge in [-0.3, -0.25) is 19.2 Å². The van der Waals surface area contributed by atoms with Crippen LogP contribution in [0.1, 0.15) is 105 Å². The Morgan fingerprint density at radius 2 is 1.12 bits per heavy atom. The largest absolute Gasteiger partial charge is 0.444 e. The number of benzene rings is 2. The molecule has 0 aliphatic carbocycles. The maximum absolute atomic E-state index is 14.5. The highest BCUT2D eigenvalue weighted by Crippen LogP contribution is 2.41. The summed E-state index contributed by atoms with van der Waals surface area (Å²) in [5.74, 6) is -2.22. The van der Waals surface area contributed by atoms with E-state index in [1.54, 1.807) is 46.4 Å². The van der Waals surface area contributed by atoms with Crippen molar-refractivity contribution in [3.8, 4) is 0 Å². The summed E-state index contributed by atoms with van der Waals surface area (Å²) in [5.41, 5.74) is -0.247. The topological polar surface area (TPSA) is 225 Å². The average Bonchev–Trinajstić information content (AvgIpc) is 3.23. The zero-order valence-electron chi connectivity index (χ0n) is 41.7. The van der Waals surface area contributed by atoms with Crippen molar-refractivity contribution in [1.82, 2.24) is 40.1 Å². The molecule has 5 N–H and O–H groups in total. The number of ether oxygens (including phenoxy) is 2. The number of unbranched alkanes of at least 4 members (excludes halogenated alkanes) is 1. The van der Waals surface area contributed by atoms with E-state index in [1.165, 1.54) is 22.7 Å². The van der Waals surface area contributed by atoms with Crippen LogP contribution in [0.2, 0.25) is 0 Å². The van der Waals surface area contributed by atoms with Gasteiger partial charge in [0.1, 0.15) is 35.4 Å². The maximum atomic E-state index is 14.5. The fraction of sp³-hybridized carbons (Fsp3) is 0.633. The SMILES string of the molecule is CC(C)C[C@@H](NC(=O)[C@@H](Cc1ccccc1)NC(=O)[C@@H](Cc1ccccc1)NC(=O)OC(C)(C)C)C(=O)N[C@H](CCCCNC(=O)OC(C)(C)C)C(=O)N1CC2(CCN(S(=O)(=O)N(C)C)CC2)C1. The Morgan fingerprint density at radius 1 is 0.662 bits per heavy atom. The van der Waals surface area contributed by atoms with Gasteiger partial charge in [-0.2, -0.15) is 17.0 Å². The molecule has 0 unspecified atom stereocenters. The molecule has 378 valence electrons. The van der Waals surface area contributed by atoms with Gasteiger partial charge in [-0.15, -0.1) is 0 Å². The van der Waals surface area contributed by atoms with Crippen molar-refractivity contribution >= 4 is 46.0 Å². The summed E-state index contributed by atoms with van der Waals surface area (Å²) in [6.45, 7) is 16.0. The first-order chi connectivity index (χ1) is 31.8. The molecule has 0 saturated carbocycles.